The molecule has 2 aromatic rings. The van der Waals surface area contributed by atoms with Crippen molar-refractivity contribution in [3.8, 4) is 0 Å². The van der Waals surface area contributed by atoms with Crippen LogP contribution in [0.1, 0.15) is 30.3 Å². The van der Waals surface area contributed by atoms with E-state index in [0.29, 0.717) is 23.1 Å². The summed E-state index contributed by atoms with van der Waals surface area (Å²) in [6.07, 6.45) is 1.71. The Bertz CT molecular complexity index is 605. The molecule has 0 saturated carbocycles. The van der Waals surface area contributed by atoms with Crippen LogP contribution in [-0.4, -0.2) is 9.97 Å². The summed E-state index contributed by atoms with van der Waals surface area (Å²) in [4.78, 5) is 8.71. The Hall–Kier alpha value is -2.17. The Labute approximate surface area is 118 Å². The van der Waals surface area contributed by atoms with E-state index in [4.69, 9.17) is 5.73 Å². The number of rotatable bonds is 4. The van der Waals surface area contributed by atoms with E-state index < -0.39 is 0 Å². The standard InChI is InChI=1S/C15H19FN4/c1-4-5-13-19-14(17)10(3)15(20-13)18-12-7-9(2)6-11(16)8-12/h6-8H,4-5H2,1-3H3,(H3,17,18,19,20). The van der Waals surface area contributed by atoms with Crippen molar-refractivity contribution in [1.82, 2.24) is 9.97 Å². The molecular formula is C15H19FN4. The molecule has 0 aliphatic heterocycles. The van der Waals surface area contributed by atoms with Crippen LogP contribution in [0.5, 0.6) is 0 Å². The summed E-state index contributed by atoms with van der Waals surface area (Å²) in [6.45, 7) is 5.75. The van der Waals surface area contributed by atoms with Crippen LogP contribution in [0.15, 0.2) is 18.2 Å². The van der Waals surface area contributed by atoms with Gasteiger partial charge in [0, 0.05) is 17.7 Å². The number of benzene rings is 1. The molecule has 0 atom stereocenters. The molecular weight excluding hydrogens is 255 g/mol. The topological polar surface area (TPSA) is 63.8 Å². The number of aromatic nitrogens is 2. The van der Waals surface area contributed by atoms with E-state index in [0.717, 1.165) is 24.0 Å². The average Bonchev–Trinajstić information content (AvgIpc) is 2.34. The predicted octanol–water partition coefficient (Wildman–Crippen LogP) is 3.51. The van der Waals surface area contributed by atoms with Crippen molar-refractivity contribution in [3.05, 3.63) is 41.0 Å². The van der Waals surface area contributed by atoms with Gasteiger partial charge >= 0.3 is 0 Å². The van der Waals surface area contributed by atoms with E-state index in [2.05, 4.69) is 22.2 Å². The zero-order chi connectivity index (χ0) is 14.7. The van der Waals surface area contributed by atoms with Crippen LogP contribution in [0.4, 0.5) is 21.7 Å². The van der Waals surface area contributed by atoms with Gasteiger partial charge in [-0.1, -0.05) is 6.92 Å². The van der Waals surface area contributed by atoms with Crippen LogP contribution in [-0.2, 0) is 6.42 Å². The average molecular weight is 274 g/mol. The number of hydrogen-bond acceptors (Lipinski definition) is 4. The van der Waals surface area contributed by atoms with Crippen LogP contribution in [0.3, 0.4) is 0 Å². The Morgan fingerprint density at radius 3 is 2.60 bits per heavy atom. The van der Waals surface area contributed by atoms with Crippen molar-refractivity contribution in [2.24, 2.45) is 0 Å². The monoisotopic (exact) mass is 274 g/mol. The molecule has 0 spiro atoms. The molecule has 0 saturated heterocycles. The molecule has 106 valence electrons. The van der Waals surface area contributed by atoms with E-state index in [9.17, 15) is 4.39 Å². The highest BCUT2D eigenvalue weighted by atomic mass is 19.1. The molecule has 0 aliphatic rings. The smallest absolute Gasteiger partial charge is 0.139 e. The van der Waals surface area contributed by atoms with E-state index in [1.807, 2.05) is 19.9 Å². The lowest BCUT2D eigenvalue weighted by molar-refractivity contribution is 0.627. The minimum atomic E-state index is -0.277. The largest absolute Gasteiger partial charge is 0.383 e. The molecule has 1 heterocycles. The minimum Gasteiger partial charge on any atom is -0.383 e. The molecule has 0 fully saturated rings. The van der Waals surface area contributed by atoms with Gasteiger partial charge in [-0.25, -0.2) is 14.4 Å². The summed E-state index contributed by atoms with van der Waals surface area (Å²) in [5.41, 5.74) is 8.18. The van der Waals surface area contributed by atoms with Gasteiger partial charge in [0.2, 0.25) is 0 Å². The maximum Gasteiger partial charge on any atom is 0.139 e. The van der Waals surface area contributed by atoms with Crippen molar-refractivity contribution < 1.29 is 4.39 Å². The van der Waals surface area contributed by atoms with E-state index in [-0.39, 0.29) is 5.82 Å². The molecule has 4 nitrogen and oxygen atoms in total. The van der Waals surface area contributed by atoms with Crippen LogP contribution >= 0.6 is 0 Å². The maximum atomic E-state index is 13.4. The first-order valence-corrected chi connectivity index (χ1v) is 6.66. The second-order valence-electron chi connectivity index (χ2n) is 4.89. The molecule has 0 unspecified atom stereocenters. The lowest BCUT2D eigenvalue weighted by Gasteiger charge is -2.12. The third kappa shape index (κ3) is 3.23. The highest BCUT2D eigenvalue weighted by Crippen LogP contribution is 2.23. The highest BCUT2D eigenvalue weighted by molar-refractivity contribution is 5.64. The van der Waals surface area contributed by atoms with Crippen LogP contribution in [0.2, 0.25) is 0 Å². The number of hydrogen-bond donors (Lipinski definition) is 2. The third-order valence-electron chi connectivity index (χ3n) is 3.01. The van der Waals surface area contributed by atoms with Gasteiger partial charge in [0.15, 0.2) is 0 Å². The van der Waals surface area contributed by atoms with Gasteiger partial charge in [-0.15, -0.1) is 0 Å². The molecule has 0 amide bonds. The second kappa shape index (κ2) is 5.86. The van der Waals surface area contributed by atoms with Crippen LogP contribution in [0.25, 0.3) is 0 Å². The van der Waals surface area contributed by atoms with E-state index >= 15 is 0 Å². The summed E-state index contributed by atoms with van der Waals surface area (Å²) < 4.78 is 13.4. The number of nitrogens with two attached hydrogens (primary N) is 1. The van der Waals surface area contributed by atoms with Crippen LogP contribution < -0.4 is 11.1 Å². The molecule has 1 aromatic heterocycles. The predicted molar refractivity (Wildman–Crippen MR) is 79.6 cm³/mol. The number of nitrogen functional groups attached to an aromatic ring is 1. The van der Waals surface area contributed by atoms with Gasteiger partial charge in [0.1, 0.15) is 23.3 Å². The number of nitrogens with zero attached hydrogens (tertiary/aromatic N) is 2. The molecule has 5 heteroatoms. The van der Waals surface area contributed by atoms with E-state index in [1.54, 1.807) is 0 Å². The van der Waals surface area contributed by atoms with Crippen molar-refractivity contribution >= 4 is 17.3 Å². The molecule has 0 radical (unpaired) electrons. The summed E-state index contributed by atoms with van der Waals surface area (Å²) in [5, 5.41) is 3.12. The van der Waals surface area contributed by atoms with Crippen molar-refractivity contribution in [2.45, 2.75) is 33.6 Å². The number of nitrogens with one attached hydrogen (secondary N) is 1. The first-order valence-electron chi connectivity index (χ1n) is 6.66. The molecule has 0 aliphatic carbocycles. The fourth-order valence-electron chi connectivity index (χ4n) is 1.98. The van der Waals surface area contributed by atoms with Crippen LogP contribution in [0, 0.1) is 19.7 Å². The van der Waals surface area contributed by atoms with Gasteiger partial charge in [0.25, 0.3) is 0 Å². The maximum absolute atomic E-state index is 13.4. The van der Waals surface area contributed by atoms with Crippen molar-refractivity contribution in [3.63, 3.8) is 0 Å². The minimum absolute atomic E-state index is 0.277. The summed E-state index contributed by atoms with van der Waals surface area (Å²) in [7, 11) is 0. The zero-order valence-electron chi connectivity index (χ0n) is 12.0. The number of aryl methyl sites for hydroxylation is 2. The molecule has 20 heavy (non-hydrogen) atoms. The Morgan fingerprint density at radius 1 is 1.20 bits per heavy atom. The first kappa shape index (κ1) is 14.2. The Morgan fingerprint density at radius 2 is 1.95 bits per heavy atom. The first-order chi connectivity index (χ1) is 9.49. The lowest BCUT2D eigenvalue weighted by Crippen LogP contribution is -2.07. The van der Waals surface area contributed by atoms with E-state index in [1.165, 1.54) is 12.1 Å². The lowest BCUT2D eigenvalue weighted by atomic mass is 10.2. The quantitative estimate of drug-likeness (QED) is 0.895. The molecule has 3 N–H and O–H groups in total. The summed E-state index contributed by atoms with van der Waals surface area (Å²) in [6, 6.07) is 4.78. The number of halogens is 1. The summed E-state index contributed by atoms with van der Waals surface area (Å²) in [5.74, 6) is 1.51. The molecule has 2 rings (SSSR count). The third-order valence-corrected chi connectivity index (χ3v) is 3.01. The molecule has 1 aromatic carbocycles. The summed E-state index contributed by atoms with van der Waals surface area (Å²) >= 11 is 0. The van der Waals surface area contributed by atoms with Gasteiger partial charge in [-0.05, 0) is 44.0 Å². The van der Waals surface area contributed by atoms with Gasteiger partial charge in [-0.2, -0.15) is 0 Å². The van der Waals surface area contributed by atoms with Gasteiger partial charge < -0.3 is 11.1 Å². The van der Waals surface area contributed by atoms with Gasteiger partial charge in [-0.3, -0.25) is 0 Å². The normalized spacial score (nSPS) is 10.6. The van der Waals surface area contributed by atoms with Gasteiger partial charge in [0.05, 0.1) is 0 Å². The zero-order valence-corrected chi connectivity index (χ0v) is 12.0. The SMILES string of the molecule is CCCc1nc(N)c(C)c(Nc2cc(C)cc(F)c2)n1. The second-order valence-corrected chi connectivity index (χ2v) is 4.89. The number of anilines is 3. The Kier molecular flexibility index (Phi) is 4.17. The highest BCUT2D eigenvalue weighted by Gasteiger charge is 2.09. The Balaban J connectivity index is 2.36. The fraction of sp³-hybridized carbons (Fsp3) is 0.333. The molecule has 0 bridgehead atoms. The fourth-order valence-corrected chi connectivity index (χ4v) is 1.98. The van der Waals surface area contributed by atoms with Crippen molar-refractivity contribution in [1.29, 1.82) is 0 Å². The van der Waals surface area contributed by atoms with Crippen molar-refractivity contribution in [2.75, 3.05) is 11.1 Å².